The van der Waals surface area contributed by atoms with Gasteiger partial charge in [-0.25, -0.2) is 15.0 Å². The van der Waals surface area contributed by atoms with Gasteiger partial charge >= 0.3 is 0 Å². The Morgan fingerprint density at radius 3 is 1.14 bits per heavy atom. The van der Waals surface area contributed by atoms with Crippen molar-refractivity contribution < 1.29 is 0 Å². The Labute approximate surface area is 431 Å². The third kappa shape index (κ3) is 7.03. The zero-order chi connectivity index (χ0) is 49.7. The molecule has 0 fully saturated rings. The van der Waals surface area contributed by atoms with Gasteiger partial charge in [0.25, 0.3) is 0 Å². The van der Waals surface area contributed by atoms with Crippen molar-refractivity contribution >= 4 is 21.8 Å². The SMILES string of the molecule is CC1(C)c2ccccc2-c2c(-c3cccc(-c4cc(-c5cccc(-c6cccc7c6-c6ccccc6C7(C)C)c5)cc(-c5nc(-c6ccc7ncccc7c6)nc(-c6ccc7ncccc7c6)n5)c4)c3)cccc21. The van der Waals surface area contributed by atoms with Crippen LogP contribution in [0.2, 0.25) is 0 Å². The fourth-order valence-corrected chi connectivity index (χ4v) is 12.0. The van der Waals surface area contributed by atoms with E-state index in [9.17, 15) is 0 Å². The van der Waals surface area contributed by atoms with Crippen LogP contribution in [-0.2, 0) is 10.8 Å². The highest BCUT2D eigenvalue weighted by Gasteiger charge is 2.38. The molecule has 0 saturated carbocycles. The highest BCUT2D eigenvalue weighted by molar-refractivity contribution is 5.96. The molecule has 0 aliphatic heterocycles. The zero-order valence-corrected chi connectivity index (χ0v) is 41.6. The molecular weight excluding hydrogens is 899 g/mol. The highest BCUT2D eigenvalue weighted by Crippen LogP contribution is 2.54. The number of rotatable bonds is 7. The third-order valence-corrected chi connectivity index (χ3v) is 15.8. The van der Waals surface area contributed by atoms with Gasteiger partial charge in [-0.15, -0.1) is 0 Å². The van der Waals surface area contributed by atoms with Crippen molar-refractivity contribution in [1.29, 1.82) is 0 Å². The van der Waals surface area contributed by atoms with Gasteiger partial charge in [-0.2, -0.15) is 0 Å². The summed E-state index contributed by atoms with van der Waals surface area (Å²) in [6, 6.07) is 76.8. The van der Waals surface area contributed by atoms with Crippen LogP contribution < -0.4 is 0 Å². The Hall–Kier alpha value is -9.19. The lowest BCUT2D eigenvalue weighted by atomic mass is 9.82. The second-order valence-corrected chi connectivity index (χ2v) is 20.9. The van der Waals surface area contributed by atoms with Crippen LogP contribution in [0, 0.1) is 0 Å². The van der Waals surface area contributed by atoms with Gasteiger partial charge in [0.1, 0.15) is 0 Å². The summed E-state index contributed by atoms with van der Waals surface area (Å²) in [7, 11) is 0. The third-order valence-electron chi connectivity index (χ3n) is 15.8. The van der Waals surface area contributed by atoms with Crippen molar-refractivity contribution in [3.8, 4) is 101 Å². The molecule has 3 aromatic heterocycles. The molecule has 0 saturated heterocycles. The van der Waals surface area contributed by atoms with Gasteiger partial charge in [0.15, 0.2) is 17.5 Å². The Balaban J connectivity index is 0.974. The molecule has 3 heterocycles. The first-order valence-electron chi connectivity index (χ1n) is 25.5. The van der Waals surface area contributed by atoms with E-state index in [2.05, 4.69) is 226 Å². The highest BCUT2D eigenvalue weighted by atomic mass is 15.0. The number of aromatic nitrogens is 5. The normalized spacial score (nSPS) is 13.6. The Kier molecular flexibility index (Phi) is 9.83. The van der Waals surface area contributed by atoms with Crippen molar-refractivity contribution in [2.75, 3.05) is 0 Å². The number of hydrogen-bond acceptors (Lipinski definition) is 5. The molecule has 0 N–H and O–H groups in total. The van der Waals surface area contributed by atoms with Gasteiger partial charge in [0.2, 0.25) is 0 Å². The van der Waals surface area contributed by atoms with Crippen LogP contribution in [0.5, 0.6) is 0 Å². The summed E-state index contributed by atoms with van der Waals surface area (Å²) in [5.41, 5.74) is 24.1. The van der Waals surface area contributed by atoms with Crippen molar-refractivity contribution in [2.45, 2.75) is 38.5 Å². The number of pyridine rings is 2. The summed E-state index contributed by atoms with van der Waals surface area (Å²) >= 11 is 0. The van der Waals surface area contributed by atoms with Crippen molar-refractivity contribution in [2.24, 2.45) is 0 Å². The fourth-order valence-electron chi connectivity index (χ4n) is 12.0. The summed E-state index contributed by atoms with van der Waals surface area (Å²) in [4.78, 5) is 25.2. The number of fused-ring (bicyclic) bond motifs is 8. The summed E-state index contributed by atoms with van der Waals surface area (Å²) in [5.74, 6) is 1.75. The largest absolute Gasteiger partial charge is 0.256 e. The molecule has 5 heteroatoms. The molecule has 74 heavy (non-hydrogen) atoms. The molecule has 0 radical (unpaired) electrons. The minimum absolute atomic E-state index is 0.105. The molecule has 9 aromatic carbocycles. The quantitative estimate of drug-likeness (QED) is 0.159. The molecule has 350 valence electrons. The molecule has 5 nitrogen and oxygen atoms in total. The molecule has 0 amide bonds. The summed E-state index contributed by atoms with van der Waals surface area (Å²) in [5, 5.41) is 2.03. The lowest BCUT2D eigenvalue weighted by molar-refractivity contribution is 0.660. The zero-order valence-electron chi connectivity index (χ0n) is 41.6. The molecule has 14 rings (SSSR count). The van der Waals surface area contributed by atoms with Crippen LogP contribution in [0.4, 0.5) is 0 Å². The maximum absolute atomic E-state index is 5.36. The maximum atomic E-state index is 5.36. The molecule has 2 aliphatic carbocycles. The van der Waals surface area contributed by atoms with Gasteiger partial charge in [0, 0.05) is 50.7 Å². The Morgan fingerprint density at radius 2 is 0.649 bits per heavy atom. The van der Waals surface area contributed by atoms with Crippen molar-refractivity contribution in [3.63, 3.8) is 0 Å². The van der Waals surface area contributed by atoms with Crippen LogP contribution in [0.25, 0.3) is 123 Å². The molecule has 2 aliphatic rings. The second-order valence-electron chi connectivity index (χ2n) is 20.9. The molecule has 12 aromatic rings. The van der Waals surface area contributed by atoms with Gasteiger partial charge in [-0.3, -0.25) is 9.97 Å². The minimum atomic E-state index is -0.105. The van der Waals surface area contributed by atoms with Gasteiger partial charge in [-0.1, -0.05) is 161 Å². The summed E-state index contributed by atoms with van der Waals surface area (Å²) in [6.07, 6.45) is 3.65. The predicted molar refractivity (Wildman–Crippen MR) is 304 cm³/mol. The fraction of sp³-hybridized carbons (Fsp3) is 0.0870. The first-order chi connectivity index (χ1) is 36.2. The second kappa shape index (κ2) is 16.7. The van der Waals surface area contributed by atoms with E-state index < -0.39 is 0 Å². The molecule has 0 atom stereocenters. The molecule has 0 unspecified atom stereocenters. The van der Waals surface area contributed by atoms with E-state index in [1.165, 1.54) is 66.8 Å². The van der Waals surface area contributed by atoms with E-state index in [0.29, 0.717) is 17.5 Å². The average Bonchev–Trinajstić information content (AvgIpc) is 3.84. The Morgan fingerprint density at radius 1 is 0.270 bits per heavy atom. The van der Waals surface area contributed by atoms with Crippen LogP contribution in [0.15, 0.2) is 225 Å². The number of nitrogens with zero attached hydrogens (tertiary/aromatic N) is 5. The van der Waals surface area contributed by atoms with Gasteiger partial charge in [0.05, 0.1) is 11.0 Å². The summed E-state index contributed by atoms with van der Waals surface area (Å²) < 4.78 is 0. The first-order valence-corrected chi connectivity index (χ1v) is 25.5. The number of benzene rings is 9. The molecule has 0 bridgehead atoms. The minimum Gasteiger partial charge on any atom is -0.256 e. The van der Waals surface area contributed by atoms with Crippen LogP contribution in [0.3, 0.4) is 0 Å². The predicted octanol–water partition coefficient (Wildman–Crippen LogP) is 17.2. The van der Waals surface area contributed by atoms with E-state index in [0.717, 1.165) is 60.8 Å². The van der Waals surface area contributed by atoms with E-state index in [4.69, 9.17) is 15.0 Å². The van der Waals surface area contributed by atoms with E-state index >= 15 is 0 Å². The lowest BCUT2D eigenvalue weighted by Crippen LogP contribution is -2.14. The molecule has 0 spiro atoms. The smallest absolute Gasteiger partial charge is 0.164 e. The Bertz CT molecular complexity index is 4010. The van der Waals surface area contributed by atoms with Gasteiger partial charge < -0.3 is 0 Å². The standard InChI is InChI=1S/C69H49N5/c1-68(2)57-25-7-5-21-55(57)63-53(23-11-27-59(63)68)44-17-9-15-42(35-44)50-39-51(43-16-10-18-45(36-43)54-24-12-28-60-64(54)56-22-6-8-26-58(56)69(60,3)4)41-52(40-50)67-73-65(48-29-31-61-46(37-48)19-13-33-70-61)72-66(74-67)49-30-32-62-47(38-49)20-14-34-71-62/h5-41H,1-4H3. The average molecular weight is 948 g/mol. The van der Waals surface area contributed by atoms with Crippen LogP contribution in [0.1, 0.15) is 49.9 Å². The topological polar surface area (TPSA) is 64.5 Å². The molecular formula is C69H49N5. The van der Waals surface area contributed by atoms with Gasteiger partial charge in [-0.05, 0) is 168 Å². The van der Waals surface area contributed by atoms with Crippen LogP contribution in [-0.4, -0.2) is 24.9 Å². The van der Waals surface area contributed by atoms with Crippen LogP contribution >= 0.6 is 0 Å². The monoisotopic (exact) mass is 947 g/mol. The lowest BCUT2D eigenvalue weighted by Gasteiger charge is -2.21. The van der Waals surface area contributed by atoms with Crippen molar-refractivity contribution in [1.82, 2.24) is 24.9 Å². The van der Waals surface area contributed by atoms with E-state index in [1.54, 1.807) is 0 Å². The number of hydrogen-bond donors (Lipinski definition) is 0. The summed E-state index contributed by atoms with van der Waals surface area (Å²) in [6.45, 7) is 9.38. The maximum Gasteiger partial charge on any atom is 0.164 e. The van der Waals surface area contributed by atoms with Crippen molar-refractivity contribution in [3.05, 3.63) is 247 Å². The van der Waals surface area contributed by atoms with E-state index in [1.807, 2.05) is 36.7 Å². The van der Waals surface area contributed by atoms with E-state index in [-0.39, 0.29) is 10.8 Å². The first kappa shape index (κ1) is 43.6.